The van der Waals surface area contributed by atoms with E-state index >= 15 is 0 Å². The van der Waals surface area contributed by atoms with Crippen LogP contribution >= 0.6 is 0 Å². The highest BCUT2D eigenvalue weighted by Gasteiger charge is 2.64. The van der Waals surface area contributed by atoms with Gasteiger partial charge in [-0.25, -0.2) is 0 Å². The highest BCUT2D eigenvalue weighted by molar-refractivity contribution is 6.00. The molecule has 0 aromatic carbocycles. The molecule has 0 bridgehead atoms. The number of carbonyl (C=O) groups is 2. The number of aliphatic hydroxyl groups excluding tert-OH is 4. The normalized spacial score (nSPS) is 45.1. The molecular formula is C26H33NO8. The van der Waals surface area contributed by atoms with Crippen LogP contribution in [0.3, 0.4) is 0 Å². The molecule has 7 N–H and O–H groups in total. The minimum atomic E-state index is -2.22. The van der Waals surface area contributed by atoms with Crippen molar-refractivity contribution in [2.75, 3.05) is 7.11 Å². The lowest BCUT2D eigenvalue weighted by molar-refractivity contribution is -0.222. The van der Waals surface area contributed by atoms with Crippen molar-refractivity contribution >= 4 is 11.7 Å². The van der Waals surface area contributed by atoms with Crippen LogP contribution in [0.1, 0.15) is 32.1 Å². The summed E-state index contributed by atoms with van der Waals surface area (Å²) in [5, 5.41) is 54.6. The molecule has 7 unspecified atom stereocenters. The highest BCUT2D eigenvalue weighted by atomic mass is 16.5. The van der Waals surface area contributed by atoms with E-state index in [2.05, 4.69) is 6.08 Å². The summed E-state index contributed by atoms with van der Waals surface area (Å²) in [4.78, 5) is 25.6. The molecule has 190 valence electrons. The molecule has 2 saturated carbocycles. The number of methoxy groups -OCH3 is 1. The van der Waals surface area contributed by atoms with Crippen molar-refractivity contribution < 1.29 is 39.9 Å². The molecule has 10 atom stereocenters. The van der Waals surface area contributed by atoms with E-state index in [1.165, 1.54) is 0 Å². The molecule has 1 amide bonds. The molecule has 0 aromatic rings. The van der Waals surface area contributed by atoms with Crippen molar-refractivity contribution in [2.24, 2.45) is 41.2 Å². The van der Waals surface area contributed by atoms with E-state index in [0.717, 1.165) is 12.8 Å². The Kier molecular flexibility index (Phi) is 5.95. The number of hydrogen-bond donors (Lipinski definition) is 6. The molecule has 0 radical (unpaired) electrons. The van der Waals surface area contributed by atoms with Crippen LogP contribution in [0.5, 0.6) is 0 Å². The molecule has 35 heavy (non-hydrogen) atoms. The number of rotatable bonds is 3. The molecule has 0 aliphatic heterocycles. The van der Waals surface area contributed by atoms with Crippen LogP contribution < -0.4 is 5.73 Å². The first kappa shape index (κ1) is 24.2. The summed E-state index contributed by atoms with van der Waals surface area (Å²) in [6.45, 7) is 0. The zero-order chi connectivity index (χ0) is 25.2. The lowest BCUT2D eigenvalue weighted by Crippen LogP contribution is -2.69. The number of fused-ring (bicyclic) bond motifs is 3. The third-order valence-corrected chi connectivity index (χ3v) is 9.16. The lowest BCUT2D eigenvalue weighted by Gasteiger charge is -2.56. The van der Waals surface area contributed by atoms with Crippen molar-refractivity contribution in [1.82, 2.24) is 0 Å². The monoisotopic (exact) mass is 487 g/mol. The Morgan fingerprint density at radius 1 is 1.14 bits per heavy atom. The number of carbonyl (C=O) groups excluding carboxylic acids is 2. The zero-order valence-electron chi connectivity index (χ0n) is 19.6. The summed E-state index contributed by atoms with van der Waals surface area (Å²) >= 11 is 0. The summed E-state index contributed by atoms with van der Waals surface area (Å²) in [5.74, 6) is -4.31. The van der Waals surface area contributed by atoms with Gasteiger partial charge in [-0.15, -0.1) is 0 Å². The lowest BCUT2D eigenvalue weighted by atomic mass is 9.51. The van der Waals surface area contributed by atoms with Gasteiger partial charge in [-0.05, 0) is 55.4 Å². The predicted molar refractivity (Wildman–Crippen MR) is 124 cm³/mol. The van der Waals surface area contributed by atoms with Crippen molar-refractivity contribution in [3.05, 3.63) is 47.0 Å². The van der Waals surface area contributed by atoms with Crippen molar-refractivity contribution in [3.8, 4) is 0 Å². The van der Waals surface area contributed by atoms with Crippen molar-refractivity contribution in [2.45, 2.75) is 56.0 Å². The summed E-state index contributed by atoms with van der Waals surface area (Å²) in [6, 6.07) is 0. The van der Waals surface area contributed by atoms with Gasteiger partial charge in [-0.2, -0.15) is 0 Å². The molecular weight excluding hydrogens is 454 g/mol. The molecule has 0 aromatic heterocycles. The van der Waals surface area contributed by atoms with Gasteiger partial charge in [0.15, 0.2) is 5.78 Å². The number of ketones is 1. The third kappa shape index (κ3) is 3.51. The molecule has 5 aliphatic carbocycles. The Morgan fingerprint density at radius 2 is 1.89 bits per heavy atom. The van der Waals surface area contributed by atoms with E-state index in [0.29, 0.717) is 6.42 Å². The highest BCUT2D eigenvalue weighted by Crippen LogP contribution is 2.56. The molecule has 9 nitrogen and oxygen atoms in total. The predicted octanol–water partition coefficient (Wildman–Crippen LogP) is 0.961. The van der Waals surface area contributed by atoms with E-state index in [9.17, 15) is 35.1 Å². The van der Waals surface area contributed by atoms with Crippen LogP contribution in [0, 0.1) is 35.5 Å². The Morgan fingerprint density at radius 3 is 2.51 bits per heavy atom. The molecule has 2 fully saturated rings. The van der Waals surface area contributed by atoms with Gasteiger partial charge in [-0.1, -0.05) is 18.2 Å². The molecule has 0 saturated heterocycles. The quantitative estimate of drug-likeness (QED) is 0.320. The topological polar surface area (TPSA) is 171 Å². The van der Waals surface area contributed by atoms with Crippen LogP contribution in [-0.4, -0.2) is 68.2 Å². The number of allylic oxidation sites excluding steroid dienone is 5. The van der Waals surface area contributed by atoms with Gasteiger partial charge in [0.1, 0.15) is 23.2 Å². The fourth-order valence-electron chi connectivity index (χ4n) is 7.40. The Hall–Kier alpha value is -2.46. The molecule has 5 rings (SSSR count). The average molecular weight is 488 g/mol. The van der Waals surface area contributed by atoms with Crippen LogP contribution in [0.25, 0.3) is 0 Å². The van der Waals surface area contributed by atoms with Gasteiger partial charge in [0.25, 0.3) is 5.91 Å². The fourth-order valence-corrected chi connectivity index (χ4v) is 7.40. The van der Waals surface area contributed by atoms with Gasteiger partial charge in [-0.3, -0.25) is 9.59 Å². The van der Waals surface area contributed by atoms with Crippen molar-refractivity contribution in [3.63, 3.8) is 0 Å². The van der Waals surface area contributed by atoms with E-state index < -0.39 is 52.7 Å². The van der Waals surface area contributed by atoms with E-state index in [1.807, 2.05) is 12.2 Å². The summed E-state index contributed by atoms with van der Waals surface area (Å²) in [7, 11) is 1.67. The second-order valence-corrected chi connectivity index (χ2v) is 10.7. The van der Waals surface area contributed by atoms with Gasteiger partial charge in [0.05, 0.1) is 23.7 Å². The van der Waals surface area contributed by atoms with Crippen LogP contribution in [0.15, 0.2) is 47.0 Å². The molecule has 0 spiro atoms. The Bertz CT molecular complexity index is 1060. The van der Waals surface area contributed by atoms with Gasteiger partial charge in [0, 0.05) is 25.0 Å². The summed E-state index contributed by atoms with van der Waals surface area (Å²) in [5.41, 5.74) is 2.80. The van der Waals surface area contributed by atoms with Crippen molar-refractivity contribution in [1.29, 1.82) is 0 Å². The number of aliphatic hydroxyl groups is 5. The zero-order valence-corrected chi connectivity index (χ0v) is 19.6. The van der Waals surface area contributed by atoms with E-state index in [4.69, 9.17) is 10.5 Å². The molecule has 5 aliphatic rings. The van der Waals surface area contributed by atoms with Gasteiger partial charge in [0.2, 0.25) is 0 Å². The Balaban J connectivity index is 1.49. The molecule has 0 heterocycles. The summed E-state index contributed by atoms with van der Waals surface area (Å²) < 4.78 is 5.42. The number of primary amides is 1. The van der Waals surface area contributed by atoms with Crippen LogP contribution in [0.4, 0.5) is 0 Å². The first-order chi connectivity index (χ1) is 16.6. The number of Topliss-reactive ketones (excluding diaryl/α,β-unsaturated/α-hetero) is 1. The molecule has 9 heteroatoms. The van der Waals surface area contributed by atoms with Gasteiger partial charge < -0.3 is 36.0 Å². The fraction of sp³-hybridized carbons (Fsp3) is 0.615. The number of hydrogen-bond acceptors (Lipinski definition) is 8. The van der Waals surface area contributed by atoms with Crippen LogP contribution in [0.2, 0.25) is 0 Å². The largest absolute Gasteiger partial charge is 0.512 e. The number of amides is 1. The minimum Gasteiger partial charge on any atom is -0.512 e. The van der Waals surface area contributed by atoms with Crippen LogP contribution in [-0.2, 0) is 14.3 Å². The summed E-state index contributed by atoms with van der Waals surface area (Å²) in [6.07, 6.45) is 6.46. The Labute approximate surface area is 203 Å². The number of nitrogens with two attached hydrogens (primary N) is 1. The second-order valence-electron chi connectivity index (χ2n) is 10.7. The first-order valence-corrected chi connectivity index (χ1v) is 12.3. The smallest absolute Gasteiger partial charge is 0.250 e. The number of ether oxygens (including phenoxy) is 1. The third-order valence-electron chi connectivity index (χ3n) is 9.16. The SMILES string of the molecule is COC1C=CC(C2C=CC(O)=C3C(=O)C4C(O)[C@]5(O)C(O)C(C(N)=O)=C(O)C[C@@H]5C[C@@H]4CC32)CC1. The maximum Gasteiger partial charge on any atom is 0.250 e. The van der Waals surface area contributed by atoms with Gasteiger partial charge >= 0.3 is 0 Å². The maximum atomic E-state index is 13.7. The standard InChI is InChI=1S/C26H33NO8/c1-35-14-4-2-11(3-5-14)15-6-7-17(28)20-16(15)9-12-8-13-10-18(29)21(25(27)33)24(32)26(13,34)23(31)19(12)22(20)30/h2,4,6-7,11-16,19,23-24,28-29,31-32,34H,3,5,8-10H2,1H3,(H2,27,33)/t11?,12-,13+,14?,15?,16?,19?,23?,24?,26+/m1/s1. The maximum absolute atomic E-state index is 13.7. The first-order valence-electron chi connectivity index (χ1n) is 12.3. The minimum absolute atomic E-state index is 0.00971. The van der Waals surface area contributed by atoms with E-state index in [1.54, 1.807) is 13.2 Å². The average Bonchev–Trinajstić information content (AvgIpc) is 2.81. The second kappa shape index (κ2) is 8.58. The van der Waals surface area contributed by atoms with E-state index in [-0.39, 0.29) is 53.9 Å².